The van der Waals surface area contributed by atoms with Crippen LogP contribution >= 0.6 is 0 Å². The van der Waals surface area contributed by atoms with Gasteiger partial charge in [-0.3, -0.25) is 4.79 Å². The summed E-state index contributed by atoms with van der Waals surface area (Å²) in [5.41, 5.74) is 6.26. The zero-order valence-corrected chi connectivity index (χ0v) is 10.0. The molecule has 18 heavy (non-hydrogen) atoms. The predicted octanol–water partition coefficient (Wildman–Crippen LogP) is -1.23. The Balaban J connectivity index is 0.000000169. The van der Waals surface area contributed by atoms with Crippen molar-refractivity contribution < 1.29 is 4.79 Å². The maximum absolute atomic E-state index is 10.7. The summed E-state index contributed by atoms with van der Waals surface area (Å²) in [5, 5.41) is 6.44. The lowest BCUT2D eigenvalue weighted by atomic mass is 10.2. The molecule has 1 aromatic heterocycles. The molecule has 2 aliphatic rings. The van der Waals surface area contributed by atoms with Crippen LogP contribution in [0.4, 0.5) is 5.82 Å². The molecule has 96 valence electrons. The van der Waals surface area contributed by atoms with Crippen LogP contribution in [0, 0.1) is 0 Å². The second-order valence-corrected chi connectivity index (χ2v) is 3.97. The van der Waals surface area contributed by atoms with Gasteiger partial charge < -0.3 is 16.4 Å². The zero-order valence-electron chi connectivity index (χ0n) is 10.0. The first-order valence-electron chi connectivity index (χ1n) is 5.85. The molecule has 3 rings (SSSR count). The van der Waals surface area contributed by atoms with Crippen LogP contribution in [0.5, 0.6) is 0 Å². The number of hydrogen-bond acceptors (Lipinski definition) is 6. The highest BCUT2D eigenvalue weighted by Crippen LogP contribution is 2.21. The number of hydrogen-bond donors (Lipinski definition) is 3. The van der Waals surface area contributed by atoms with E-state index in [4.69, 9.17) is 5.73 Å². The van der Waals surface area contributed by atoms with Crippen LogP contribution in [0.15, 0.2) is 17.5 Å². The number of aromatic nitrogens is 2. The van der Waals surface area contributed by atoms with E-state index in [1.54, 1.807) is 6.20 Å². The SMILES string of the molecule is C1CNCCN1.NC(=O)C1=Nc2ncncc2C1. The van der Waals surface area contributed by atoms with Crippen LogP contribution in [0.25, 0.3) is 0 Å². The van der Waals surface area contributed by atoms with Gasteiger partial charge in [0.25, 0.3) is 5.91 Å². The quantitative estimate of drug-likeness (QED) is 0.577. The number of amides is 1. The van der Waals surface area contributed by atoms with Crippen molar-refractivity contribution in [3.8, 4) is 0 Å². The van der Waals surface area contributed by atoms with Crippen molar-refractivity contribution >= 4 is 17.4 Å². The molecule has 0 aliphatic carbocycles. The number of nitrogens with zero attached hydrogens (tertiary/aromatic N) is 3. The molecule has 1 fully saturated rings. The monoisotopic (exact) mass is 248 g/mol. The smallest absolute Gasteiger partial charge is 0.263 e. The fraction of sp³-hybridized carbons (Fsp3) is 0.455. The molecule has 0 spiro atoms. The first kappa shape index (κ1) is 12.6. The molecule has 1 saturated heterocycles. The van der Waals surface area contributed by atoms with E-state index in [-0.39, 0.29) is 0 Å². The van der Waals surface area contributed by atoms with E-state index < -0.39 is 5.91 Å². The number of nitrogens with one attached hydrogen (secondary N) is 2. The number of nitrogens with two attached hydrogens (primary N) is 1. The number of carbonyl (C=O) groups is 1. The van der Waals surface area contributed by atoms with Crippen molar-refractivity contribution in [3.05, 3.63) is 18.1 Å². The molecule has 4 N–H and O–H groups in total. The number of primary amides is 1. The minimum Gasteiger partial charge on any atom is -0.365 e. The van der Waals surface area contributed by atoms with Gasteiger partial charge in [-0.15, -0.1) is 0 Å². The molecule has 1 aromatic rings. The fourth-order valence-corrected chi connectivity index (χ4v) is 1.67. The van der Waals surface area contributed by atoms with E-state index >= 15 is 0 Å². The van der Waals surface area contributed by atoms with Crippen LogP contribution in [0.3, 0.4) is 0 Å². The third-order valence-electron chi connectivity index (χ3n) is 2.60. The number of carbonyl (C=O) groups excluding carboxylic acids is 1. The third kappa shape index (κ3) is 3.31. The molecule has 0 unspecified atom stereocenters. The second-order valence-electron chi connectivity index (χ2n) is 3.97. The number of fused-ring (bicyclic) bond motifs is 1. The Morgan fingerprint density at radius 3 is 2.39 bits per heavy atom. The van der Waals surface area contributed by atoms with Gasteiger partial charge in [0.2, 0.25) is 0 Å². The minimum absolute atomic E-state index is 0.352. The lowest BCUT2D eigenvalue weighted by Crippen LogP contribution is -2.39. The first-order valence-corrected chi connectivity index (χ1v) is 5.85. The van der Waals surface area contributed by atoms with Crippen LogP contribution in [0.1, 0.15) is 5.56 Å². The normalized spacial score (nSPS) is 17.2. The van der Waals surface area contributed by atoms with Crippen LogP contribution in [-0.2, 0) is 11.2 Å². The Kier molecular flexibility index (Phi) is 4.32. The summed E-state index contributed by atoms with van der Waals surface area (Å²) >= 11 is 0. The van der Waals surface area contributed by atoms with Gasteiger partial charge in [0.05, 0.1) is 0 Å². The fourth-order valence-electron chi connectivity index (χ4n) is 1.67. The largest absolute Gasteiger partial charge is 0.365 e. The Labute approximate surface area is 105 Å². The highest BCUT2D eigenvalue weighted by atomic mass is 16.1. The summed E-state index contributed by atoms with van der Waals surface area (Å²) in [4.78, 5) is 22.4. The Morgan fingerprint density at radius 1 is 1.22 bits per heavy atom. The molecule has 0 radical (unpaired) electrons. The molecule has 7 heteroatoms. The predicted molar refractivity (Wildman–Crippen MR) is 67.8 cm³/mol. The molecule has 0 aromatic carbocycles. The average molecular weight is 248 g/mol. The molecular formula is C11H16N6O. The van der Waals surface area contributed by atoms with Crippen LogP contribution in [0.2, 0.25) is 0 Å². The lowest BCUT2D eigenvalue weighted by Gasteiger charge is -2.11. The summed E-state index contributed by atoms with van der Waals surface area (Å²) in [6.07, 6.45) is 3.49. The van der Waals surface area contributed by atoms with Crippen molar-refractivity contribution in [1.29, 1.82) is 0 Å². The maximum atomic E-state index is 10.7. The van der Waals surface area contributed by atoms with E-state index in [1.807, 2.05) is 0 Å². The van der Waals surface area contributed by atoms with Gasteiger partial charge in [0.15, 0.2) is 5.82 Å². The topological polar surface area (TPSA) is 105 Å². The van der Waals surface area contributed by atoms with Crippen molar-refractivity contribution in [2.45, 2.75) is 6.42 Å². The Morgan fingerprint density at radius 2 is 1.89 bits per heavy atom. The summed E-state index contributed by atoms with van der Waals surface area (Å²) in [5.74, 6) is 0.0619. The molecule has 3 heterocycles. The van der Waals surface area contributed by atoms with Gasteiger partial charge >= 0.3 is 0 Å². The zero-order chi connectivity index (χ0) is 12.8. The van der Waals surface area contributed by atoms with E-state index in [9.17, 15) is 4.79 Å². The number of piperazine rings is 1. The molecule has 0 atom stereocenters. The Hall–Kier alpha value is -1.86. The van der Waals surface area contributed by atoms with Crippen molar-refractivity contribution in [2.75, 3.05) is 26.2 Å². The van der Waals surface area contributed by atoms with Crippen LogP contribution in [-0.4, -0.2) is 47.8 Å². The summed E-state index contributed by atoms with van der Waals surface area (Å²) in [7, 11) is 0. The van der Waals surface area contributed by atoms with Crippen LogP contribution < -0.4 is 16.4 Å². The summed E-state index contributed by atoms with van der Waals surface area (Å²) < 4.78 is 0. The van der Waals surface area contributed by atoms with Gasteiger partial charge in [0, 0.05) is 44.4 Å². The van der Waals surface area contributed by atoms with Crippen molar-refractivity contribution in [2.24, 2.45) is 10.7 Å². The highest BCUT2D eigenvalue weighted by Gasteiger charge is 2.18. The molecule has 0 bridgehead atoms. The minimum atomic E-state index is -0.493. The molecule has 1 amide bonds. The number of rotatable bonds is 1. The highest BCUT2D eigenvalue weighted by molar-refractivity contribution is 6.40. The second kappa shape index (κ2) is 6.18. The van der Waals surface area contributed by atoms with Gasteiger partial charge in [-0.2, -0.15) is 0 Å². The average Bonchev–Trinajstić information content (AvgIpc) is 2.85. The van der Waals surface area contributed by atoms with Gasteiger partial charge in [-0.05, 0) is 0 Å². The summed E-state index contributed by atoms with van der Waals surface area (Å²) in [6.45, 7) is 4.56. The summed E-state index contributed by atoms with van der Waals surface area (Å²) in [6, 6.07) is 0. The molecule has 0 saturated carbocycles. The van der Waals surface area contributed by atoms with Gasteiger partial charge in [-0.25, -0.2) is 15.0 Å². The van der Waals surface area contributed by atoms with E-state index in [1.165, 1.54) is 6.33 Å². The third-order valence-corrected chi connectivity index (χ3v) is 2.60. The standard InChI is InChI=1S/C7H6N4O.C4H10N2/c8-6(12)5-1-4-2-9-3-10-7(4)11-5;1-2-6-4-3-5-1/h2-3H,1H2,(H2,8,12);5-6H,1-4H2. The number of aliphatic imine (C=N–C) groups is 1. The van der Waals surface area contributed by atoms with Gasteiger partial charge in [0.1, 0.15) is 12.0 Å². The van der Waals surface area contributed by atoms with E-state index in [2.05, 4.69) is 25.6 Å². The lowest BCUT2D eigenvalue weighted by molar-refractivity contribution is -0.112. The van der Waals surface area contributed by atoms with Crippen molar-refractivity contribution in [1.82, 2.24) is 20.6 Å². The Bertz CT molecular complexity index is 443. The molecular weight excluding hydrogens is 232 g/mol. The van der Waals surface area contributed by atoms with Gasteiger partial charge in [-0.1, -0.05) is 0 Å². The van der Waals surface area contributed by atoms with Crippen molar-refractivity contribution in [3.63, 3.8) is 0 Å². The van der Waals surface area contributed by atoms with E-state index in [0.717, 1.165) is 31.7 Å². The molecule has 7 nitrogen and oxygen atoms in total. The molecule has 2 aliphatic heterocycles. The van der Waals surface area contributed by atoms with E-state index in [0.29, 0.717) is 18.0 Å². The maximum Gasteiger partial charge on any atom is 0.263 e. The first-order chi connectivity index (χ1) is 8.77.